The number of benzene rings is 4. The van der Waals surface area contributed by atoms with E-state index in [4.69, 9.17) is 21.1 Å². The van der Waals surface area contributed by atoms with E-state index in [2.05, 4.69) is 5.32 Å². The molecule has 9 heteroatoms. The zero-order valence-electron chi connectivity index (χ0n) is 25.3. The van der Waals surface area contributed by atoms with Crippen LogP contribution in [0.4, 0.5) is 4.79 Å². The lowest BCUT2D eigenvalue weighted by Crippen LogP contribution is -2.56. The number of nitrogens with zero attached hydrogens (tertiary/aromatic N) is 1. The Bertz CT molecular complexity index is 1670. The first kappa shape index (κ1) is 31.6. The predicted molar refractivity (Wildman–Crippen MR) is 172 cm³/mol. The molecule has 0 aromatic heterocycles. The zero-order valence-corrected chi connectivity index (χ0v) is 26.1. The molecular formula is C36H35ClN2O6. The molecule has 0 radical (unpaired) electrons. The van der Waals surface area contributed by atoms with Gasteiger partial charge in [-0.3, -0.25) is 9.69 Å². The molecule has 8 nitrogen and oxygen atoms in total. The van der Waals surface area contributed by atoms with E-state index in [1.807, 2.05) is 66.7 Å². The Labute approximate surface area is 267 Å². The third-order valence-electron chi connectivity index (χ3n) is 7.40. The summed E-state index contributed by atoms with van der Waals surface area (Å²) in [6, 6.07) is 27.7. The van der Waals surface area contributed by atoms with E-state index in [9.17, 15) is 19.5 Å². The topological polar surface area (TPSA) is 105 Å². The lowest BCUT2D eigenvalue weighted by Gasteiger charge is -2.37. The van der Waals surface area contributed by atoms with Gasteiger partial charge in [0.2, 0.25) is 5.91 Å². The highest BCUT2D eigenvalue weighted by atomic mass is 35.5. The van der Waals surface area contributed by atoms with Gasteiger partial charge in [-0.25, -0.2) is 9.59 Å². The molecule has 0 saturated carbocycles. The second-order valence-electron chi connectivity index (χ2n) is 12.0. The number of fused-ring (bicyclic) bond motifs is 1. The number of hydrogen-bond donors (Lipinski definition) is 2. The lowest BCUT2D eigenvalue weighted by atomic mass is 9.93. The molecule has 0 unspecified atom stereocenters. The van der Waals surface area contributed by atoms with Crippen molar-refractivity contribution in [2.75, 3.05) is 0 Å². The molecule has 4 aromatic carbocycles. The van der Waals surface area contributed by atoms with Gasteiger partial charge >= 0.3 is 12.1 Å². The maximum atomic E-state index is 13.7. The first-order chi connectivity index (χ1) is 21.4. The van der Waals surface area contributed by atoms with Crippen molar-refractivity contribution >= 4 is 29.6 Å². The largest absolute Gasteiger partial charge is 0.480 e. The molecule has 0 aliphatic carbocycles. The van der Waals surface area contributed by atoms with Crippen LogP contribution in [-0.4, -0.2) is 45.7 Å². The Hall–Kier alpha value is -4.82. The van der Waals surface area contributed by atoms with Gasteiger partial charge in [0, 0.05) is 17.9 Å². The average Bonchev–Trinajstić information content (AvgIpc) is 3.01. The summed E-state index contributed by atoms with van der Waals surface area (Å²) in [7, 11) is 0. The number of ether oxygens (including phenoxy) is 2. The van der Waals surface area contributed by atoms with Crippen molar-refractivity contribution in [3.63, 3.8) is 0 Å². The van der Waals surface area contributed by atoms with Crippen LogP contribution < -0.4 is 10.1 Å². The molecule has 1 aliphatic heterocycles. The third kappa shape index (κ3) is 8.22. The van der Waals surface area contributed by atoms with E-state index >= 15 is 0 Å². The van der Waals surface area contributed by atoms with Crippen molar-refractivity contribution in [1.29, 1.82) is 0 Å². The number of nitrogens with one attached hydrogen (secondary N) is 1. The molecule has 1 aliphatic rings. The number of carboxylic acids is 1. The van der Waals surface area contributed by atoms with Crippen LogP contribution in [0, 0.1) is 0 Å². The smallest absolute Gasteiger partial charge is 0.411 e. The van der Waals surface area contributed by atoms with Gasteiger partial charge in [-0.15, -0.1) is 0 Å². The summed E-state index contributed by atoms with van der Waals surface area (Å²) in [6.45, 7) is 5.33. The summed E-state index contributed by atoms with van der Waals surface area (Å²) in [6.07, 6.45) is -0.405. The van der Waals surface area contributed by atoms with Crippen molar-refractivity contribution in [1.82, 2.24) is 10.2 Å². The number of amides is 2. The van der Waals surface area contributed by atoms with Crippen LogP contribution in [0.5, 0.6) is 11.5 Å². The van der Waals surface area contributed by atoms with Crippen LogP contribution in [0.2, 0.25) is 5.02 Å². The Morgan fingerprint density at radius 3 is 2.18 bits per heavy atom. The fourth-order valence-corrected chi connectivity index (χ4v) is 5.30. The van der Waals surface area contributed by atoms with Crippen molar-refractivity contribution in [2.24, 2.45) is 0 Å². The van der Waals surface area contributed by atoms with E-state index in [1.165, 1.54) is 4.90 Å². The predicted octanol–water partition coefficient (Wildman–Crippen LogP) is 7.27. The Kier molecular flexibility index (Phi) is 9.44. The standard InChI is InChI=1S/C36H35ClN2O6/c1-36(2,3)45-35(43)39-22-27-20-30(44-29-17-14-28(37)15-18-29)16-13-26(27)21-32(39)33(40)38-31(34(41)42)19-23-9-11-25(12-10-23)24-7-5-4-6-8-24/h4-18,20,31-32H,19,21-22H2,1-3H3,(H,38,40)(H,41,42)/t31-,32-/m0/s1. The Morgan fingerprint density at radius 2 is 1.53 bits per heavy atom. The summed E-state index contributed by atoms with van der Waals surface area (Å²) in [4.78, 5) is 40.7. The van der Waals surface area contributed by atoms with Gasteiger partial charge in [-0.1, -0.05) is 72.3 Å². The van der Waals surface area contributed by atoms with E-state index < -0.39 is 35.7 Å². The van der Waals surface area contributed by atoms with Gasteiger partial charge in [-0.2, -0.15) is 0 Å². The van der Waals surface area contributed by atoms with Gasteiger partial charge in [0.05, 0.1) is 6.54 Å². The number of carbonyl (C=O) groups excluding carboxylic acids is 2. The molecule has 1 heterocycles. The van der Waals surface area contributed by atoms with Crippen LogP contribution in [0.15, 0.2) is 97.1 Å². The summed E-state index contributed by atoms with van der Waals surface area (Å²) >= 11 is 5.99. The molecule has 0 spiro atoms. The van der Waals surface area contributed by atoms with E-state index in [-0.39, 0.29) is 19.4 Å². The Morgan fingerprint density at radius 1 is 0.889 bits per heavy atom. The van der Waals surface area contributed by atoms with Crippen LogP contribution in [0.1, 0.15) is 37.5 Å². The van der Waals surface area contributed by atoms with Gasteiger partial charge in [0.1, 0.15) is 29.2 Å². The van der Waals surface area contributed by atoms with Gasteiger partial charge in [0.15, 0.2) is 0 Å². The first-order valence-electron chi connectivity index (χ1n) is 14.7. The number of carboxylic acid groups (broad SMARTS) is 1. The molecule has 4 aromatic rings. The fraction of sp³-hybridized carbons (Fsp3) is 0.250. The van der Waals surface area contributed by atoms with Gasteiger partial charge in [-0.05, 0) is 85.0 Å². The molecule has 232 valence electrons. The molecule has 5 rings (SSSR count). The highest BCUT2D eigenvalue weighted by molar-refractivity contribution is 6.30. The van der Waals surface area contributed by atoms with Gasteiger partial charge < -0.3 is 19.9 Å². The number of halogens is 1. The van der Waals surface area contributed by atoms with Crippen molar-refractivity contribution in [2.45, 2.75) is 57.8 Å². The SMILES string of the molecule is CC(C)(C)OC(=O)N1Cc2cc(Oc3ccc(Cl)cc3)ccc2C[C@H]1C(=O)N[C@@H](Cc1ccc(-c2ccccc2)cc1)C(=O)O. The molecule has 2 amide bonds. The molecule has 2 N–H and O–H groups in total. The maximum absolute atomic E-state index is 13.7. The minimum Gasteiger partial charge on any atom is -0.480 e. The highest BCUT2D eigenvalue weighted by Crippen LogP contribution is 2.31. The minimum atomic E-state index is -1.20. The number of aliphatic carboxylic acids is 1. The zero-order chi connectivity index (χ0) is 32.1. The fourth-order valence-electron chi connectivity index (χ4n) is 5.18. The molecule has 45 heavy (non-hydrogen) atoms. The van der Waals surface area contributed by atoms with Crippen molar-refractivity contribution in [3.8, 4) is 22.6 Å². The van der Waals surface area contributed by atoms with Crippen molar-refractivity contribution in [3.05, 3.63) is 119 Å². The lowest BCUT2D eigenvalue weighted by molar-refractivity contribution is -0.142. The molecule has 0 saturated heterocycles. The van der Waals surface area contributed by atoms with Crippen LogP contribution >= 0.6 is 11.6 Å². The quantitative estimate of drug-likeness (QED) is 0.213. The summed E-state index contributed by atoms with van der Waals surface area (Å²) in [5.41, 5.74) is 3.66. The van der Waals surface area contributed by atoms with Crippen LogP contribution in [-0.2, 0) is 33.7 Å². The second kappa shape index (κ2) is 13.4. The molecule has 0 fully saturated rings. The minimum absolute atomic E-state index is 0.0806. The van der Waals surface area contributed by atoms with E-state index in [1.54, 1.807) is 51.1 Å². The first-order valence-corrected chi connectivity index (χ1v) is 15.1. The number of hydrogen-bond acceptors (Lipinski definition) is 5. The highest BCUT2D eigenvalue weighted by Gasteiger charge is 2.38. The maximum Gasteiger partial charge on any atom is 0.411 e. The number of rotatable bonds is 8. The van der Waals surface area contributed by atoms with E-state index in [0.29, 0.717) is 16.5 Å². The van der Waals surface area contributed by atoms with Crippen molar-refractivity contribution < 1.29 is 29.0 Å². The Balaban J connectivity index is 1.34. The summed E-state index contributed by atoms with van der Waals surface area (Å²) in [5, 5.41) is 13.3. The monoisotopic (exact) mass is 626 g/mol. The second-order valence-corrected chi connectivity index (χ2v) is 12.4. The molecule has 0 bridgehead atoms. The molecule has 2 atom stereocenters. The van der Waals surface area contributed by atoms with Gasteiger partial charge in [0.25, 0.3) is 0 Å². The van der Waals surface area contributed by atoms with Crippen LogP contribution in [0.3, 0.4) is 0 Å². The summed E-state index contributed by atoms with van der Waals surface area (Å²) in [5.74, 6) is -0.570. The number of carbonyl (C=O) groups is 3. The summed E-state index contributed by atoms with van der Waals surface area (Å²) < 4.78 is 11.6. The molecular weight excluding hydrogens is 592 g/mol. The third-order valence-corrected chi connectivity index (χ3v) is 7.66. The average molecular weight is 627 g/mol. The van der Waals surface area contributed by atoms with E-state index in [0.717, 1.165) is 27.8 Å². The van der Waals surface area contributed by atoms with Crippen LogP contribution in [0.25, 0.3) is 11.1 Å². The normalized spacial score (nSPS) is 15.0.